The molecule has 3 rings (SSSR count). The molecule has 102 valence electrons. The van der Waals surface area contributed by atoms with Gasteiger partial charge in [-0.3, -0.25) is 4.79 Å². The second-order valence-electron chi connectivity index (χ2n) is 6.15. The number of hydrogen-bond donors (Lipinski definition) is 1. The van der Waals surface area contributed by atoms with Crippen LogP contribution in [0, 0.1) is 30.5 Å². The molecule has 1 aromatic carbocycles. The van der Waals surface area contributed by atoms with Gasteiger partial charge in [-0.25, -0.2) is 4.39 Å². The summed E-state index contributed by atoms with van der Waals surface area (Å²) >= 11 is 0. The quantitative estimate of drug-likeness (QED) is 0.878. The molecule has 0 aromatic heterocycles. The average molecular weight is 261 g/mol. The number of anilines is 1. The van der Waals surface area contributed by atoms with E-state index in [1.165, 1.54) is 37.8 Å². The fourth-order valence-corrected chi connectivity index (χ4v) is 3.79. The van der Waals surface area contributed by atoms with E-state index in [9.17, 15) is 9.18 Å². The molecule has 0 spiro atoms. The smallest absolute Gasteiger partial charge is 0.224 e. The summed E-state index contributed by atoms with van der Waals surface area (Å²) in [5.74, 6) is 1.89. The predicted molar refractivity (Wildman–Crippen MR) is 73.3 cm³/mol. The number of fused-ring (bicyclic) bond motifs is 2. The number of halogens is 1. The predicted octanol–water partition coefficient (Wildman–Crippen LogP) is 3.90. The van der Waals surface area contributed by atoms with Gasteiger partial charge < -0.3 is 5.32 Å². The maximum Gasteiger partial charge on any atom is 0.224 e. The summed E-state index contributed by atoms with van der Waals surface area (Å²) in [6, 6.07) is 4.51. The fraction of sp³-hybridized carbons (Fsp3) is 0.562. The summed E-state index contributed by atoms with van der Waals surface area (Å²) in [4.78, 5) is 12.1. The first-order valence-electron chi connectivity index (χ1n) is 7.18. The van der Waals surface area contributed by atoms with Crippen molar-refractivity contribution in [1.82, 2.24) is 0 Å². The third kappa shape index (κ3) is 2.65. The van der Waals surface area contributed by atoms with E-state index in [-0.39, 0.29) is 11.7 Å². The van der Waals surface area contributed by atoms with Crippen molar-refractivity contribution in [3.05, 3.63) is 29.6 Å². The molecule has 0 heterocycles. The zero-order valence-electron chi connectivity index (χ0n) is 11.3. The highest BCUT2D eigenvalue weighted by molar-refractivity contribution is 5.91. The third-order valence-corrected chi connectivity index (χ3v) is 4.81. The molecule has 2 aliphatic carbocycles. The molecule has 2 saturated carbocycles. The minimum Gasteiger partial charge on any atom is -0.326 e. The Bertz CT molecular complexity index is 500. The van der Waals surface area contributed by atoms with Crippen molar-refractivity contribution in [2.24, 2.45) is 17.8 Å². The lowest BCUT2D eigenvalue weighted by molar-refractivity contribution is -0.117. The number of nitrogens with one attached hydrogen (secondary N) is 1. The molecule has 2 fully saturated rings. The summed E-state index contributed by atoms with van der Waals surface area (Å²) in [5.41, 5.74) is 1.51. The topological polar surface area (TPSA) is 29.1 Å². The summed E-state index contributed by atoms with van der Waals surface area (Å²) < 4.78 is 13.2. The molecule has 1 aromatic rings. The standard InChI is InChI=1S/C16H20FNO/c1-10-2-5-14(17)9-15(10)18-16(19)8-13-7-11-3-4-12(13)6-11/h2,5,9,11-13H,3-4,6-8H2,1H3,(H,18,19)/t11-,12+,13-/m0/s1. The van der Waals surface area contributed by atoms with Gasteiger partial charge in [-0.1, -0.05) is 12.5 Å². The molecule has 3 atom stereocenters. The number of hydrogen-bond acceptors (Lipinski definition) is 1. The van der Waals surface area contributed by atoms with Gasteiger partial charge in [0.05, 0.1) is 0 Å². The maximum atomic E-state index is 13.2. The molecule has 0 unspecified atom stereocenters. The summed E-state index contributed by atoms with van der Waals surface area (Å²) in [7, 11) is 0. The Labute approximate surface area is 113 Å². The molecule has 2 bridgehead atoms. The Balaban J connectivity index is 1.61. The molecule has 3 heteroatoms. The Morgan fingerprint density at radius 1 is 1.37 bits per heavy atom. The van der Waals surface area contributed by atoms with Crippen molar-refractivity contribution >= 4 is 11.6 Å². The first kappa shape index (κ1) is 12.6. The highest BCUT2D eigenvalue weighted by Gasteiger charge is 2.40. The van der Waals surface area contributed by atoms with Crippen LogP contribution < -0.4 is 5.32 Å². The zero-order valence-corrected chi connectivity index (χ0v) is 11.3. The first-order valence-corrected chi connectivity index (χ1v) is 7.18. The van der Waals surface area contributed by atoms with Crippen molar-refractivity contribution in [2.75, 3.05) is 5.32 Å². The average Bonchev–Trinajstić information content (AvgIpc) is 2.96. The Kier molecular flexibility index (Phi) is 3.29. The van der Waals surface area contributed by atoms with E-state index < -0.39 is 0 Å². The number of carbonyl (C=O) groups excluding carboxylic acids is 1. The zero-order chi connectivity index (χ0) is 13.4. The van der Waals surface area contributed by atoms with Crippen LogP contribution >= 0.6 is 0 Å². The van der Waals surface area contributed by atoms with Gasteiger partial charge in [-0.05, 0) is 61.6 Å². The minimum atomic E-state index is -0.305. The highest BCUT2D eigenvalue weighted by atomic mass is 19.1. The van der Waals surface area contributed by atoms with Crippen LogP contribution in [0.4, 0.5) is 10.1 Å². The largest absolute Gasteiger partial charge is 0.326 e. The van der Waals surface area contributed by atoms with Crippen molar-refractivity contribution in [1.29, 1.82) is 0 Å². The summed E-state index contributed by atoms with van der Waals surface area (Å²) in [6.45, 7) is 1.88. The summed E-state index contributed by atoms with van der Waals surface area (Å²) in [5, 5.41) is 2.86. The molecule has 0 aliphatic heterocycles. The number of amides is 1. The normalized spacial score (nSPS) is 28.6. The number of aryl methyl sites for hydroxylation is 1. The van der Waals surface area contributed by atoms with Crippen LogP contribution in [0.3, 0.4) is 0 Å². The van der Waals surface area contributed by atoms with Crippen molar-refractivity contribution < 1.29 is 9.18 Å². The van der Waals surface area contributed by atoms with E-state index >= 15 is 0 Å². The minimum absolute atomic E-state index is 0.0336. The molecule has 19 heavy (non-hydrogen) atoms. The van der Waals surface area contributed by atoms with E-state index in [1.54, 1.807) is 6.07 Å². The SMILES string of the molecule is Cc1ccc(F)cc1NC(=O)C[C@@H]1C[C@H]2CC[C@@H]1C2. The van der Waals surface area contributed by atoms with E-state index in [0.29, 0.717) is 18.0 Å². The van der Waals surface area contributed by atoms with Crippen LogP contribution in [-0.2, 0) is 4.79 Å². The van der Waals surface area contributed by atoms with Gasteiger partial charge >= 0.3 is 0 Å². The summed E-state index contributed by atoms with van der Waals surface area (Å²) in [6.07, 6.45) is 5.77. The van der Waals surface area contributed by atoms with Gasteiger partial charge in [-0.2, -0.15) is 0 Å². The van der Waals surface area contributed by atoms with Gasteiger partial charge in [0.15, 0.2) is 0 Å². The van der Waals surface area contributed by atoms with E-state index in [2.05, 4.69) is 5.32 Å². The molecule has 0 saturated heterocycles. The third-order valence-electron chi connectivity index (χ3n) is 4.81. The van der Waals surface area contributed by atoms with Crippen molar-refractivity contribution in [3.8, 4) is 0 Å². The second-order valence-corrected chi connectivity index (χ2v) is 6.15. The Hall–Kier alpha value is -1.38. The maximum absolute atomic E-state index is 13.2. The number of benzene rings is 1. The van der Waals surface area contributed by atoms with E-state index in [0.717, 1.165) is 17.4 Å². The second kappa shape index (κ2) is 4.95. The number of carbonyl (C=O) groups is 1. The van der Waals surface area contributed by atoms with E-state index in [4.69, 9.17) is 0 Å². The van der Waals surface area contributed by atoms with Gasteiger partial charge in [0.2, 0.25) is 5.91 Å². The van der Waals surface area contributed by atoms with Crippen LogP contribution in [-0.4, -0.2) is 5.91 Å². The van der Waals surface area contributed by atoms with Crippen LogP contribution in [0.2, 0.25) is 0 Å². The van der Waals surface area contributed by atoms with Crippen molar-refractivity contribution in [2.45, 2.75) is 39.0 Å². The molecule has 1 amide bonds. The molecule has 0 radical (unpaired) electrons. The number of rotatable bonds is 3. The van der Waals surface area contributed by atoms with Crippen LogP contribution in [0.5, 0.6) is 0 Å². The highest BCUT2D eigenvalue weighted by Crippen LogP contribution is 2.49. The molecule has 2 nitrogen and oxygen atoms in total. The Morgan fingerprint density at radius 2 is 2.21 bits per heavy atom. The van der Waals surface area contributed by atoms with Crippen LogP contribution in [0.1, 0.15) is 37.7 Å². The molecular formula is C16H20FNO. The molecular weight excluding hydrogens is 241 g/mol. The van der Waals surface area contributed by atoms with Gasteiger partial charge in [-0.15, -0.1) is 0 Å². The van der Waals surface area contributed by atoms with Crippen molar-refractivity contribution in [3.63, 3.8) is 0 Å². The molecule has 1 N–H and O–H groups in total. The first-order chi connectivity index (χ1) is 9.11. The monoisotopic (exact) mass is 261 g/mol. The lowest BCUT2D eigenvalue weighted by Gasteiger charge is -2.21. The van der Waals surface area contributed by atoms with Crippen LogP contribution in [0.15, 0.2) is 18.2 Å². The van der Waals surface area contributed by atoms with Gasteiger partial charge in [0.25, 0.3) is 0 Å². The van der Waals surface area contributed by atoms with Crippen LogP contribution in [0.25, 0.3) is 0 Å². The lowest BCUT2D eigenvalue weighted by Crippen LogP contribution is -2.20. The van der Waals surface area contributed by atoms with Gasteiger partial charge in [0.1, 0.15) is 5.82 Å². The fourth-order valence-electron chi connectivity index (χ4n) is 3.79. The lowest BCUT2D eigenvalue weighted by atomic mass is 9.86. The van der Waals surface area contributed by atoms with E-state index in [1.807, 2.05) is 6.92 Å². The van der Waals surface area contributed by atoms with Gasteiger partial charge in [0, 0.05) is 12.1 Å². The molecule has 2 aliphatic rings. The Morgan fingerprint density at radius 3 is 2.89 bits per heavy atom.